The number of rotatable bonds is 7. The van der Waals surface area contributed by atoms with Gasteiger partial charge in [-0.15, -0.1) is 17.9 Å². The van der Waals surface area contributed by atoms with Gasteiger partial charge in [-0.25, -0.2) is 4.98 Å². The second-order valence-electron chi connectivity index (χ2n) is 5.89. The number of nitrogens with zero attached hydrogens (tertiary/aromatic N) is 2. The van der Waals surface area contributed by atoms with Crippen molar-refractivity contribution in [1.29, 1.82) is 0 Å². The number of hydrogen-bond donors (Lipinski definition) is 0. The van der Waals surface area contributed by atoms with Gasteiger partial charge in [-0.1, -0.05) is 47.7 Å². The first-order valence-electron chi connectivity index (χ1n) is 8.53. The SMILES string of the molecule is C=CCn1c(SCC(=O)OCC)nc2scc(-c3ccc(C)cc3)c2c1=O. The molecule has 0 aliphatic carbocycles. The Morgan fingerprint density at radius 3 is 2.78 bits per heavy atom. The molecule has 3 rings (SSSR count). The summed E-state index contributed by atoms with van der Waals surface area (Å²) in [6.07, 6.45) is 1.65. The highest BCUT2D eigenvalue weighted by Crippen LogP contribution is 2.32. The molecule has 5 nitrogen and oxygen atoms in total. The molecule has 0 N–H and O–H groups in total. The quantitative estimate of drug-likeness (QED) is 0.256. The second kappa shape index (κ2) is 8.54. The number of thiophene rings is 1. The van der Waals surface area contributed by atoms with Gasteiger partial charge in [0.2, 0.25) is 0 Å². The van der Waals surface area contributed by atoms with Gasteiger partial charge < -0.3 is 4.74 Å². The van der Waals surface area contributed by atoms with Gasteiger partial charge in [0.25, 0.3) is 5.56 Å². The van der Waals surface area contributed by atoms with Crippen LogP contribution in [0.3, 0.4) is 0 Å². The van der Waals surface area contributed by atoms with E-state index in [0.717, 1.165) is 16.7 Å². The summed E-state index contributed by atoms with van der Waals surface area (Å²) in [5.41, 5.74) is 2.91. The standard InChI is InChI=1S/C20H20N2O3S2/c1-4-10-22-19(24)17-15(14-8-6-13(3)7-9-14)11-26-18(17)21-20(22)27-12-16(23)25-5-2/h4,6-9,11H,1,5,10,12H2,2-3H3. The van der Waals surface area contributed by atoms with E-state index in [1.54, 1.807) is 17.6 Å². The summed E-state index contributed by atoms with van der Waals surface area (Å²) < 4.78 is 6.52. The maximum Gasteiger partial charge on any atom is 0.316 e. The van der Waals surface area contributed by atoms with E-state index in [4.69, 9.17) is 4.74 Å². The van der Waals surface area contributed by atoms with Crippen LogP contribution in [0, 0.1) is 6.92 Å². The van der Waals surface area contributed by atoms with Crippen LogP contribution in [-0.2, 0) is 16.1 Å². The lowest BCUT2D eigenvalue weighted by atomic mass is 10.1. The number of fused-ring (bicyclic) bond motifs is 1. The van der Waals surface area contributed by atoms with Crippen molar-refractivity contribution >= 4 is 39.3 Å². The van der Waals surface area contributed by atoms with Crippen LogP contribution in [0.15, 0.2) is 52.3 Å². The molecule has 0 saturated heterocycles. The average molecular weight is 401 g/mol. The van der Waals surface area contributed by atoms with Gasteiger partial charge in [-0.2, -0.15) is 0 Å². The van der Waals surface area contributed by atoms with E-state index in [9.17, 15) is 9.59 Å². The lowest BCUT2D eigenvalue weighted by molar-refractivity contribution is -0.139. The summed E-state index contributed by atoms with van der Waals surface area (Å²) in [7, 11) is 0. The second-order valence-corrected chi connectivity index (χ2v) is 7.69. The zero-order chi connectivity index (χ0) is 19.4. The van der Waals surface area contributed by atoms with Gasteiger partial charge in [0.15, 0.2) is 5.16 Å². The molecule has 0 fully saturated rings. The third-order valence-electron chi connectivity index (χ3n) is 3.96. The molecule has 0 amide bonds. The molecule has 2 aromatic heterocycles. The molecule has 140 valence electrons. The summed E-state index contributed by atoms with van der Waals surface area (Å²) in [5, 5.41) is 3.06. The van der Waals surface area contributed by atoms with Crippen molar-refractivity contribution in [3.63, 3.8) is 0 Å². The third kappa shape index (κ3) is 4.14. The van der Waals surface area contributed by atoms with Crippen molar-refractivity contribution in [3.05, 3.63) is 58.2 Å². The Labute approximate surface area is 165 Å². The van der Waals surface area contributed by atoms with E-state index in [2.05, 4.69) is 11.6 Å². The first-order chi connectivity index (χ1) is 13.0. The van der Waals surface area contributed by atoms with E-state index in [1.165, 1.54) is 23.1 Å². The van der Waals surface area contributed by atoms with Crippen LogP contribution >= 0.6 is 23.1 Å². The van der Waals surface area contributed by atoms with Crippen molar-refractivity contribution in [2.45, 2.75) is 25.5 Å². The van der Waals surface area contributed by atoms with Gasteiger partial charge in [-0.3, -0.25) is 14.2 Å². The lowest BCUT2D eigenvalue weighted by Crippen LogP contribution is -2.23. The van der Waals surface area contributed by atoms with Crippen LogP contribution in [0.5, 0.6) is 0 Å². The predicted molar refractivity (Wildman–Crippen MR) is 112 cm³/mol. The summed E-state index contributed by atoms with van der Waals surface area (Å²) in [5.74, 6) is -0.215. The Hall–Kier alpha value is -2.38. The zero-order valence-corrected chi connectivity index (χ0v) is 16.9. The fourth-order valence-corrected chi connectivity index (χ4v) is 4.47. The van der Waals surface area contributed by atoms with Crippen molar-refractivity contribution in [1.82, 2.24) is 9.55 Å². The summed E-state index contributed by atoms with van der Waals surface area (Å²) in [6.45, 7) is 8.19. The van der Waals surface area contributed by atoms with E-state index < -0.39 is 0 Å². The number of carbonyl (C=O) groups is 1. The first-order valence-corrected chi connectivity index (χ1v) is 10.4. The fraction of sp³-hybridized carbons (Fsp3) is 0.250. The molecule has 0 bridgehead atoms. The number of aryl methyl sites for hydroxylation is 1. The molecule has 3 aromatic rings. The number of esters is 1. The van der Waals surface area contributed by atoms with Gasteiger partial charge in [0.1, 0.15) is 4.83 Å². The predicted octanol–water partition coefficient (Wildman–Crippen LogP) is 4.27. The number of carbonyl (C=O) groups excluding carboxylic acids is 1. The van der Waals surface area contributed by atoms with Gasteiger partial charge >= 0.3 is 5.97 Å². The maximum absolute atomic E-state index is 13.2. The minimum absolute atomic E-state index is 0.110. The van der Waals surface area contributed by atoms with Crippen LogP contribution in [0.2, 0.25) is 0 Å². The molecular weight excluding hydrogens is 380 g/mol. The minimum atomic E-state index is -0.325. The molecule has 2 heterocycles. The van der Waals surface area contributed by atoms with E-state index in [0.29, 0.717) is 28.5 Å². The zero-order valence-electron chi connectivity index (χ0n) is 15.2. The van der Waals surface area contributed by atoms with Crippen LogP contribution in [0.25, 0.3) is 21.3 Å². The third-order valence-corrected chi connectivity index (χ3v) is 5.78. The molecule has 0 spiro atoms. The normalized spacial score (nSPS) is 10.9. The topological polar surface area (TPSA) is 61.2 Å². The summed E-state index contributed by atoms with van der Waals surface area (Å²) in [6, 6.07) is 8.07. The Bertz CT molecular complexity index is 1040. The van der Waals surface area contributed by atoms with Gasteiger partial charge in [-0.05, 0) is 19.4 Å². The van der Waals surface area contributed by atoms with Crippen LogP contribution in [0.4, 0.5) is 0 Å². The molecule has 0 unspecified atom stereocenters. The highest BCUT2D eigenvalue weighted by Gasteiger charge is 2.18. The summed E-state index contributed by atoms with van der Waals surface area (Å²) in [4.78, 5) is 30.2. The Balaban J connectivity index is 2.07. The summed E-state index contributed by atoms with van der Waals surface area (Å²) >= 11 is 2.64. The van der Waals surface area contributed by atoms with Crippen molar-refractivity contribution in [2.24, 2.45) is 0 Å². The van der Waals surface area contributed by atoms with Crippen LogP contribution < -0.4 is 5.56 Å². The van der Waals surface area contributed by atoms with Crippen molar-refractivity contribution < 1.29 is 9.53 Å². The van der Waals surface area contributed by atoms with Crippen LogP contribution in [0.1, 0.15) is 12.5 Å². The minimum Gasteiger partial charge on any atom is -0.465 e. The Morgan fingerprint density at radius 1 is 1.37 bits per heavy atom. The molecule has 0 saturated carbocycles. The number of benzene rings is 1. The molecule has 1 aromatic carbocycles. The highest BCUT2D eigenvalue weighted by atomic mass is 32.2. The highest BCUT2D eigenvalue weighted by molar-refractivity contribution is 7.99. The fourth-order valence-electron chi connectivity index (χ4n) is 2.68. The largest absolute Gasteiger partial charge is 0.465 e. The monoisotopic (exact) mass is 400 g/mol. The van der Waals surface area contributed by atoms with Gasteiger partial charge in [0.05, 0.1) is 17.7 Å². The molecule has 27 heavy (non-hydrogen) atoms. The van der Waals surface area contributed by atoms with Gasteiger partial charge in [0, 0.05) is 17.5 Å². The van der Waals surface area contributed by atoms with E-state index in [1.807, 2.05) is 36.6 Å². The Morgan fingerprint density at radius 2 is 2.11 bits per heavy atom. The molecule has 0 aliphatic rings. The first kappa shape index (κ1) is 19.4. The molecule has 0 radical (unpaired) electrons. The van der Waals surface area contributed by atoms with E-state index in [-0.39, 0.29) is 17.3 Å². The number of thioether (sulfide) groups is 1. The smallest absolute Gasteiger partial charge is 0.316 e. The number of allylic oxidation sites excluding steroid dienone is 1. The number of aromatic nitrogens is 2. The van der Waals surface area contributed by atoms with E-state index >= 15 is 0 Å². The molecule has 0 aliphatic heterocycles. The molecular formula is C20H20N2O3S2. The number of hydrogen-bond acceptors (Lipinski definition) is 6. The number of ether oxygens (including phenoxy) is 1. The average Bonchev–Trinajstić information content (AvgIpc) is 3.08. The van der Waals surface area contributed by atoms with Crippen LogP contribution in [-0.4, -0.2) is 27.9 Å². The lowest BCUT2D eigenvalue weighted by Gasteiger charge is -2.10. The molecule has 7 heteroatoms. The Kier molecular flexibility index (Phi) is 6.13. The van der Waals surface area contributed by atoms with Crippen molar-refractivity contribution in [2.75, 3.05) is 12.4 Å². The maximum atomic E-state index is 13.2. The molecule has 0 atom stereocenters. The van der Waals surface area contributed by atoms with Crippen molar-refractivity contribution in [3.8, 4) is 11.1 Å².